The zero-order valence-electron chi connectivity index (χ0n) is 16.1. The summed E-state index contributed by atoms with van der Waals surface area (Å²) in [6.07, 6.45) is 0. The Balaban J connectivity index is 1.88. The number of hydrogen-bond acceptors (Lipinski definition) is 0. The van der Waals surface area contributed by atoms with Gasteiger partial charge in [-0.15, -0.1) is 0 Å². The molecule has 0 unspecified atom stereocenters. The molecule has 0 saturated carbocycles. The first-order valence-electron chi connectivity index (χ1n) is 9.71. The van der Waals surface area contributed by atoms with Crippen LogP contribution in [0.4, 0.5) is 0 Å². The van der Waals surface area contributed by atoms with E-state index in [0.717, 1.165) is 5.02 Å². The van der Waals surface area contributed by atoms with E-state index < -0.39 is 15.8 Å². The third-order valence-corrected chi connectivity index (χ3v) is 13.0. The summed E-state index contributed by atoms with van der Waals surface area (Å²) in [4.78, 5) is 0. The molecule has 0 aromatic heterocycles. The van der Waals surface area contributed by atoms with Crippen molar-refractivity contribution in [2.24, 2.45) is 0 Å². The van der Waals surface area contributed by atoms with Crippen LogP contribution < -0.4 is 21.2 Å². The van der Waals surface area contributed by atoms with Crippen LogP contribution in [0.2, 0.25) is 5.02 Å². The molecule has 0 amide bonds. The molecule has 3 heteroatoms. The van der Waals surface area contributed by atoms with Gasteiger partial charge in [0.2, 0.25) is 0 Å². The molecule has 0 N–H and O–H groups in total. The van der Waals surface area contributed by atoms with Crippen LogP contribution in [-0.4, -0.2) is 5.40 Å². The van der Waals surface area contributed by atoms with E-state index in [1.807, 2.05) is 0 Å². The maximum absolute atomic E-state index is 2.95. The molecule has 0 atom stereocenters. The molecule has 0 spiro atoms. The second-order valence-corrected chi connectivity index (χ2v) is 12.6. The molecule has 0 fully saturated rings. The Bertz CT molecular complexity index is 830. The second-order valence-electron chi connectivity index (χ2n) is 6.71. The Labute approximate surface area is 186 Å². The first kappa shape index (κ1) is 20.6. The Morgan fingerprint density at radius 2 is 0.690 bits per heavy atom. The summed E-state index contributed by atoms with van der Waals surface area (Å²) in [6.45, 7) is 0. The van der Waals surface area contributed by atoms with Gasteiger partial charge in [0.15, 0.2) is 0 Å². The van der Waals surface area contributed by atoms with E-state index in [1.165, 1.54) is 21.2 Å². The first-order valence-corrected chi connectivity index (χ1v) is 13.8. The second kappa shape index (κ2) is 10.4. The zero-order valence-corrected chi connectivity index (χ0v) is 19.6. The monoisotopic (exact) mass is 499 g/mol. The van der Waals surface area contributed by atoms with Crippen molar-refractivity contribution in [3.63, 3.8) is 0 Å². The van der Waals surface area contributed by atoms with Gasteiger partial charge in [-0.05, 0) is 0 Å². The van der Waals surface area contributed by atoms with Gasteiger partial charge in [0, 0.05) is 0 Å². The van der Waals surface area contributed by atoms with Crippen LogP contribution in [0.15, 0.2) is 121 Å². The fourth-order valence-electron chi connectivity index (χ4n) is 3.59. The molecule has 4 aromatic rings. The molecule has 0 nitrogen and oxygen atoms in total. The van der Waals surface area contributed by atoms with E-state index >= 15 is 0 Å². The molecule has 4 rings (SSSR count). The van der Waals surface area contributed by atoms with Crippen LogP contribution in [0.3, 0.4) is 0 Å². The van der Waals surface area contributed by atoms with Gasteiger partial charge in [-0.1, -0.05) is 0 Å². The Kier molecular flexibility index (Phi) is 7.40. The van der Waals surface area contributed by atoms with Gasteiger partial charge >= 0.3 is 187 Å². The van der Waals surface area contributed by atoms with Crippen molar-refractivity contribution in [1.82, 2.24) is 0 Å². The Morgan fingerprint density at radius 3 is 0.897 bits per heavy atom. The molecule has 145 valence electrons. The van der Waals surface area contributed by atoms with Crippen LogP contribution in [0, 0.1) is 0 Å². The molecule has 0 aliphatic carbocycles. The van der Waals surface area contributed by atoms with E-state index in [1.54, 1.807) is 0 Å². The minimum absolute atomic E-state index is 0.490. The van der Waals surface area contributed by atoms with Crippen LogP contribution in [0.25, 0.3) is 0 Å². The fourth-order valence-corrected chi connectivity index (χ4v) is 12.2. The van der Waals surface area contributed by atoms with Crippen LogP contribution >= 0.6 is 15.8 Å². The molecule has 0 saturated heterocycles. The zero-order chi connectivity index (χ0) is 19.9. The molecule has 0 aliphatic heterocycles. The van der Waals surface area contributed by atoms with Crippen molar-refractivity contribution in [1.29, 1.82) is 0 Å². The van der Waals surface area contributed by atoms with E-state index in [4.69, 9.17) is 0 Å². The summed E-state index contributed by atoms with van der Waals surface area (Å²) in [5, 5.41) is 7.48. The Hall–Kier alpha value is -1.64. The van der Waals surface area contributed by atoms with Gasteiger partial charge in [-0.25, -0.2) is 0 Å². The molecule has 29 heavy (non-hydrogen) atoms. The van der Waals surface area contributed by atoms with Gasteiger partial charge in [0.25, 0.3) is 0 Å². The van der Waals surface area contributed by atoms with E-state index in [9.17, 15) is 0 Å². The average molecular weight is 498 g/mol. The quantitative estimate of drug-likeness (QED) is 0.232. The molecular formula is C26H23P2Ru. The normalized spacial score (nSPS) is 11.3. The van der Waals surface area contributed by atoms with Gasteiger partial charge in [-0.3, -0.25) is 0 Å². The summed E-state index contributed by atoms with van der Waals surface area (Å²) in [6, 6.07) is 44.5. The van der Waals surface area contributed by atoms with Crippen molar-refractivity contribution in [2.75, 3.05) is 0 Å². The van der Waals surface area contributed by atoms with Gasteiger partial charge in [0.1, 0.15) is 0 Å². The van der Waals surface area contributed by atoms with Crippen molar-refractivity contribution >= 4 is 37.1 Å². The van der Waals surface area contributed by atoms with Crippen LogP contribution in [0.5, 0.6) is 0 Å². The average Bonchev–Trinajstić information content (AvgIpc) is 2.81. The topological polar surface area (TPSA) is 0 Å². The minimum atomic E-state index is -0.490. The molecule has 4 aromatic carbocycles. The first-order chi connectivity index (χ1) is 14.4. The van der Waals surface area contributed by atoms with Crippen molar-refractivity contribution in [3.8, 4) is 0 Å². The Morgan fingerprint density at radius 1 is 0.448 bits per heavy atom. The number of hydrogen-bond donors (Lipinski definition) is 0. The summed E-state index contributed by atoms with van der Waals surface area (Å²) in [7, 11) is -0.979. The van der Waals surface area contributed by atoms with E-state index in [0.29, 0.717) is 5.40 Å². The van der Waals surface area contributed by atoms with Crippen LogP contribution in [0.1, 0.15) is 0 Å². The van der Waals surface area contributed by atoms with E-state index in [2.05, 4.69) is 140 Å². The van der Waals surface area contributed by atoms with Crippen molar-refractivity contribution < 1.29 is 18.3 Å². The van der Waals surface area contributed by atoms with Gasteiger partial charge in [-0.2, -0.15) is 0 Å². The fraction of sp³-hybridized carbons (Fsp3) is 0.0769. The summed E-state index contributed by atoms with van der Waals surface area (Å²) >= 11 is 2.95. The molecule has 0 aliphatic rings. The number of benzene rings is 4. The third-order valence-electron chi connectivity index (χ3n) is 4.86. The van der Waals surface area contributed by atoms with E-state index in [-0.39, 0.29) is 0 Å². The molecule has 0 bridgehead atoms. The van der Waals surface area contributed by atoms with Crippen molar-refractivity contribution in [3.05, 3.63) is 121 Å². The van der Waals surface area contributed by atoms with Crippen LogP contribution in [-0.2, 0) is 18.3 Å². The predicted molar refractivity (Wildman–Crippen MR) is 127 cm³/mol. The summed E-state index contributed by atoms with van der Waals surface area (Å²) in [5.41, 5.74) is 0. The van der Waals surface area contributed by atoms with Gasteiger partial charge in [0.05, 0.1) is 0 Å². The SMILES string of the molecule is [Ru][CH2]C(P(c1ccccc1)c1ccccc1)P(c1ccccc1)c1ccccc1. The molecule has 0 radical (unpaired) electrons. The standard InChI is InChI=1S/C26H23P2.Ru/c1-22(27(23-14-6-2-7-15-23)24-16-8-3-9-17-24)28(25-18-10-4-11-19-25)26-20-12-5-13-21-26;/h2-22H,1H2;. The third kappa shape index (κ3) is 4.93. The van der Waals surface area contributed by atoms with Crippen molar-refractivity contribution in [2.45, 2.75) is 10.4 Å². The number of rotatable bonds is 7. The maximum atomic E-state index is 2.95. The molecular weight excluding hydrogens is 475 g/mol. The van der Waals surface area contributed by atoms with Gasteiger partial charge < -0.3 is 0 Å². The predicted octanol–water partition coefficient (Wildman–Crippen LogP) is 5.54. The summed E-state index contributed by atoms with van der Waals surface area (Å²) in [5.74, 6) is 0. The molecule has 0 heterocycles. The summed E-state index contributed by atoms with van der Waals surface area (Å²) < 4.78 is 0.